The fraction of sp³-hybridized carbons (Fsp3) is 0.778. The van der Waals surface area contributed by atoms with Crippen LogP contribution >= 0.6 is 0 Å². The molecule has 0 aromatic heterocycles. The van der Waals surface area contributed by atoms with Crippen molar-refractivity contribution in [1.82, 2.24) is 10.2 Å². The van der Waals surface area contributed by atoms with E-state index in [2.05, 4.69) is 5.32 Å². The zero-order chi connectivity index (χ0) is 11.3. The van der Waals surface area contributed by atoms with Gasteiger partial charge in [0.15, 0.2) is 0 Å². The van der Waals surface area contributed by atoms with Crippen LogP contribution in [0.5, 0.6) is 0 Å². The van der Waals surface area contributed by atoms with Crippen molar-refractivity contribution < 1.29 is 19.4 Å². The Morgan fingerprint density at radius 2 is 2.20 bits per heavy atom. The molecule has 0 unspecified atom stereocenters. The topological polar surface area (TPSA) is 78.9 Å². The van der Waals surface area contributed by atoms with Crippen LogP contribution < -0.4 is 5.32 Å². The molecule has 1 saturated carbocycles. The zero-order valence-corrected chi connectivity index (χ0v) is 8.73. The van der Waals surface area contributed by atoms with Crippen LogP contribution in [0.3, 0.4) is 0 Å². The molecule has 15 heavy (non-hydrogen) atoms. The Bertz CT molecular complexity index is 240. The van der Waals surface area contributed by atoms with Crippen molar-refractivity contribution in [2.24, 2.45) is 0 Å². The molecule has 0 saturated heterocycles. The number of carboxylic acid groups (broad SMARTS) is 1. The van der Waals surface area contributed by atoms with E-state index < -0.39 is 5.97 Å². The molecule has 0 bridgehead atoms. The summed E-state index contributed by atoms with van der Waals surface area (Å²) < 4.78 is 4.89. The smallest absolute Gasteiger partial charge is 0.323 e. The molecule has 1 rings (SSSR count). The SMILES string of the molecule is COCCN(C(=O)NCC(=O)O)C1CC1. The monoisotopic (exact) mass is 216 g/mol. The van der Waals surface area contributed by atoms with Gasteiger partial charge >= 0.3 is 12.0 Å². The minimum absolute atomic E-state index is 0.258. The molecule has 6 heteroatoms. The third-order valence-electron chi connectivity index (χ3n) is 2.18. The summed E-state index contributed by atoms with van der Waals surface area (Å²) in [5, 5.41) is 10.8. The van der Waals surface area contributed by atoms with Gasteiger partial charge in [0, 0.05) is 19.7 Å². The molecule has 1 aliphatic rings. The van der Waals surface area contributed by atoms with Gasteiger partial charge in [0.05, 0.1) is 6.61 Å². The van der Waals surface area contributed by atoms with Gasteiger partial charge < -0.3 is 20.1 Å². The number of carbonyl (C=O) groups excluding carboxylic acids is 1. The summed E-state index contributed by atoms with van der Waals surface area (Å²) in [6.07, 6.45) is 1.98. The second-order valence-electron chi connectivity index (χ2n) is 3.47. The number of carboxylic acids is 1. The van der Waals surface area contributed by atoms with E-state index in [-0.39, 0.29) is 18.6 Å². The van der Waals surface area contributed by atoms with Crippen LogP contribution in [-0.2, 0) is 9.53 Å². The number of hydrogen-bond donors (Lipinski definition) is 2. The molecule has 1 aliphatic carbocycles. The molecule has 0 aromatic carbocycles. The molecule has 0 heterocycles. The maximum Gasteiger partial charge on any atom is 0.323 e. The summed E-state index contributed by atoms with van der Waals surface area (Å²) in [4.78, 5) is 23.4. The average molecular weight is 216 g/mol. The molecule has 1 fully saturated rings. The van der Waals surface area contributed by atoms with Crippen molar-refractivity contribution in [1.29, 1.82) is 0 Å². The number of nitrogens with one attached hydrogen (secondary N) is 1. The minimum Gasteiger partial charge on any atom is -0.480 e. The first-order chi connectivity index (χ1) is 7.15. The second kappa shape index (κ2) is 5.55. The van der Waals surface area contributed by atoms with E-state index >= 15 is 0 Å². The standard InChI is InChI=1S/C9H16N2O4/c1-15-5-4-11(7-2-3-7)9(14)10-6-8(12)13/h7H,2-6H2,1H3,(H,10,14)(H,12,13). The number of aliphatic carboxylic acids is 1. The quantitative estimate of drug-likeness (QED) is 0.649. The number of methoxy groups -OCH3 is 1. The lowest BCUT2D eigenvalue weighted by Crippen LogP contribution is -2.44. The van der Waals surface area contributed by atoms with Crippen LogP contribution in [-0.4, -0.2) is 54.9 Å². The first-order valence-electron chi connectivity index (χ1n) is 4.90. The molecular formula is C9H16N2O4. The highest BCUT2D eigenvalue weighted by Gasteiger charge is 2.32. The van der Waals surface area contributed by atoms with Gasteiger partial charge in [-0.25, -0.2) is 4.79 Å². The molecule has 86 valence electrons. The first kappa shape index (κ1) is 11.8. The van der Waals surface area contributed by atoms with Crippen LogP contribution in [0, 0.1) is 0 Å². The van der Waals surface area contributed by atoms with Crippen molar-refractivity contribution in [2.45, 2.75) is 18.9 Å². The van der Waals surface area contributed by atoms with Crippen molar-refractivity contribution in [3.05, 3.63) is 0 Å². The number of hydrogen-bond acceptors (Lipinski definition) is 3. The van der Waals surface area contributed by atoms with E-state index in [1.165, 1.54) is 0 Å². The van der Waals surface area contributed by atoms with Crippen LogP contribution in [0.15, 0.2) is 0 Å². The third-order valence-corrected chi connectivity index (χ3v) is 2.18. The number of nitrogens with zero attached hydrogens (tertiary/aromatic N) is 1. The number of amides is 2. The van der Waals surface area contributed by atoms with Gasteiger partial charge in [-0.3, -0.25) is 4.79 Å². The summed E-state index contributed by atoms with van der Waals surface area (Å²) in [5.74, 6) is -1.04. The molecular weight excluding hydrogens is 200 g/mol. The molecule has 0 radical (unpaired) electrons. The Kier molecular flexibility index (Phi) is 4.36. The van der Waals surface area contributed by atoms with Crippen LogP contribution in [0.25, 0.3) is 0 Å². The zero-order valence-electron chi connectivity index (χ0n) is 8.73. The van der Waals surface area contributed by atoms with Gasteiger partial charge in [-0.05, 0) is 12.8 Å². The highest BCUT2D eigenvalue weighted by Crippen LogP contribution is 2.26. The Balaban J connectivity index is 2.33. The number of carbonyl (C=O) groups is 2. The van der Waals surface area contributed by atoms with Gasteiger partial charge in [-0.2, -0.15) is 0 Å². The van der Waals surface area contributed by atoms with Crippen LogP contribution in [0.2, 0.25) is 0 Å². The third kappa shape index (κ3) is 4.16. The highest BCUT2D eigenvalue weighted by molar-refractivity contribution is 5.80. The summed E-state index contributed by atoms with van der Waals surface area (Å²) in [7, 11) is 1.57. The summed E-state index contributed by atoms with van der Waals surface area (Å²) in [6.45, 7) is 0.638. The van der Waals surface area contributed by atoms with Gasteiger partial charge in [0.1, 0.15) is 6.54 Å². The Morgan fingerprint density at radius 3 is 2.67 bits per heavy atom. The molecule has 0 atom stereocenters. The Morgan fingerprint density at radius 1 is 1.53 bits per heavy atom. The molecule has 2 N–H and O–H groups in total. The molecule has 0 aromatic rings. The largest absolute Gasteiger partial charge is 0.480 e. The van der Waals surface area contributed by atoms with E-state index in [0.717, 1.165) is 12.8 Å². The van der Waals surface area contributed by atoms with Crippen molar-refractivity contribution >= 4 is 12.0 Å². The Labute approximate surface area is 88.2 Å². The second-order valence-corrected chi connectivity index (χ2v) is 3.47. The van der Waals surface area contributed by atoms with E-state index in [1.54, 1.807) is 12.0 Å². The van der Waals surface area contributed by atoms with E-state index in [4.69, 9.17) is 9.84 Å². The predicted molar refractivity (Wildman–Crippen MR) is 52.6 cm³/mol. The molecule has 0 aliphatic heterocycles. The minimum atomic E-state index is -1.04. The first-order valence-corrected chi connectivity index (χ1v) is 4.90. The van der Waals surface area contributed by atoms with E-state index in [1.807, 2.05) is 0 Å². The lowest BCUT2D eigenvalue weighted by atomic mass is 10.5. The average Bonchev–Trinajstić information content (AvgIpc) is 2.99. The molecule has 2 amide bonds. The van der Waals surface area contributed by atoms with Gasteiger partial charge in [0.25, 0.3) is 0 Å². The highest BCUT2D eigenvalue weighted by atomic mass is 16.5. The number of ether oxygens (including phenoxy) is 1. The fourth-order valence-corrected chi connectivity index (χ4v) is 1.28. The van der Waals surface area contributed by atoms with Crippen molar-refractivity contribution in [3.8, 4) is 0 Å². The van der Waals surface area contributed by atoms with Crippen molar-refractivity contribution in [2.75, 3.05) is 26.8 Å². The predicted octanol–water partition coefficient (Wildman–Crippen LogP) is -0.109. The molecule has 6 nitrogen and oxygen atoms in total. The lowest BCUT2D eigenvalue weighted by molar-refractivity contribution is -0.135. The van der Waals surface area contributed by atoms with E-state index in [9.17, 15) is 9.59 Å². The van der Waals surface area contributed by atoms with Crippen LogP contribution in [0.4, 0.5) is 4.79 Å². The lowest BCUT2D eigenvalue weighted by Gasteiger charge is -2.21. The van der Waals surface area contributed by atoms with Gasteiger partial charge in [0.2, 0.25) is 0 Å². The van der Waals surface area contributed by atoms with E-state index in [0.29, 0.717) is 13.2 Å². The Hall–Kier alpha value is -1.30. The van der Waals surface area contributed by atoms with Gasteiger partial charge in [-0.1, -0.05) is 0 Å². The molecule has 0 spiro atoms. The summed E-state index contributed by atoms with van der Waals surface area (Å²) >= 11 is 0. The van der Waals surface area contributed by atoms with Gasteiger partial charge in [-0.15, -0.1) is 0 Å². The van der Waals surface area contributed by atoms with Crippen molar-refractivity contribution in [3.63, 3.8) is 0 Å². The number of urea groups is 1. The summed E-state index contributed by atoms with van der Waals surface area (Å²) in [5.41, 5.74) is 0. The maximum atomic E-state index is 11.5. The fourth-order valence-electron chi connectivity index (χ4n) is 1.28. The van der Waals surface area contributed by atoms with Crippen LogP contribution in [0.1, 0.15) is 12.8 Å². The maximum absolute atomic E-state index is 11.5. The normalized spacial score (nSPS) is 14.7. The summed E-state index contributed by atoms with van der Waals surface area (Å²) in [6, 6.07) is -0.0640. The number of rotatable bonds is 6.